The van der Waals surface area contributed by atoms with Crippen LogP contribution in [0.3, 0.4) is 0 Å². The van der Waals surface area contributed by atoms with Crippen LogP contribution in [0, 0.1) is 5.92 Å². The van der Waals surface area contributed by atoms with Crippen molar-refractivity contribution in [3.8, 4) is 0 Å². The van der Waals surface area contributed by atoms with E-state index in [1.165, 1.54) is 0 Å². The lowest BCUT2D eigenvalue weighted by Crippen LogP contribution is -2.49. The molecule has 0 saturated carbocycles. The predicted octanol–water partition coefficient (Wildman–Crippen LogP) is 0.880. The van der Waals surface area contributed by atoms with Crippen LogP contribution in [-0.4, -0.2) is 17.7 Å². The highest BCUT2D eigenvalue weighted by Crippen LogP contribution is 2.16. The third kappa shape index (κ3) is 1.65. The molecule has 0 aromatic rings. The van der Waals surface area contributed by atoms with Crippen LogP contribution in [0.4, 0.5) is 0 Å². The van der Waals surface area contributed by atoms with Crippen LogP contribution in [0.5, 0.6) is 0 Å². The molecule has 0 spiro atoms. The summed E-state index contributed by atoms with van der Waals surface area (Å²) in [6.07, 6.45) is 1.90. The number of hydrogen-bond donors (Lipinski definition) is 1. The van der Waals surface area contributed by atoms with Gasteiger partial charge in [0, 0.05) is 12.3 Å². The average molecular weight is 169 g/mol. The monoisotopic (exact) mass is 169 g/mol. The molecule has 1 heterocycles. The second-order valence-electron chi connectivity index (χ2n) is 3.25. The van der Waals surface area contributed by atoms with Crippen LogP contribution in [0.25, 0.3) is 0 Å². The molecule has 0 aromatic carbocycles. The van der Waals surface area contributed by atoms with E-state index in [0.717, 1.165) is 6.42 Å². The third-order valence-electron chi connectivity index (χ3n) is 2.42. The zero-order valence-electron chi connectivity index (χ0n) is 7.59. The molecule has 1 fully saturated rings. The summed E-state index contributed by atoms with van der Waals surface area (Å²) in [5.41, 5.74) is 0. The molecule has 1 rings (SSSR count). The summed E-state index contributed by atoms with van der Waals surface area (Å²) in [5.74, 6) is 0.146. The molecule has 0 bridgehead atoms. The minimum absolute atomic E-state index is 0.0453. The molecule has 1 amide bonds. The number of Topliss-reactive ketones (excluding diaryl/α,β-unsaturated/α-hetero) is 1. The molecule has 3 heteroatoms. The second-order valence-corrected chi connectivity index (χ2v) is 3.25. The standard InChI is InChI=1S/C9H15NO2/c1-3-6-5-8(11)7(4-2)10-9(6)12/h6-7H,3-5H2,1-2H3,(H,10,12). The largest absolute Gasteiger partial charge is 0.346 e. The Labute approximate surface area is 72.5 Å². The van der Waals surface area contributed by atoms with Gasteiger partial charge in [-0.15, -0.1) is 0 Å². The highest BCUT2D eigenvalue weighted by molar-refractivity contribution is 5.96. The van der Waals surface area contributed by atoms with E-state index in [2.05, 4.69) is 5.32 Å². The molecule has 68 valence electrons. The highest BCUT2D eigenvalue weighted by atomic mass is 16.2. The summed E-state index contributed by atoms with van der Waals surface area (Å²) < 4.78 is 0. The fourth-order valence-electron chi connectivity index (χ4n) is 1.51. The molecule has 12 heavy (non-hydrogen) atoms. The summed E-state index contributed by atoms with van der Waals surface area (Å²) in [4.78, 5) is 22.6. The molecule has 1 N–H and O–H groups in total. The quantitative estimate of drug-likeness (QED) is 0.667. The zero-order chi connectivity index (χ0) is 9.14. The van der Waals surface area contributed by atoms with Crippen LogP contribution in [0.1, 0.15) is 33.1 Å². The van der Waals surface area contributed by atoms with Gasteiger partial charge in [0.25, 0.3) is 0 Å². The van der Waals surface area contributed by atoms with E-state index < -0.39 is 0 Å². The van der Waals surface area contributed by atoms with Gasteiger partial charge in [0.15, 0.2) is 5.78 Å². The van der Waals surface area contributed by atoms with Crippen molar-refractivity contribution in [3.63, 3.8) is 0 Å². The lowest BCUT2D eigenvalue weighted by Gasteiger charge is -2.26. The Morgan fingerprint density at radius 2 is 2.00 bits per heavy atom. The SMILES string of the molecule is CCC1CC(=O)C(CC)NC1=O. The Bertz CT molecular complexity index is 179. The summed E-state index contributed by atoms with van der Waals surface area (Å²) in [5, 5.41) is 2.73. The van der Waals surface area contributed by atoms with Crippen molar-refractivity contribution < 1.29 is 9.59 Å². The molecule has 0 aromatic heterocycles. The number of ketones is 1. The smallest absolute Gasteiger partial charge is 0.224 e. The van der Waals surface area contributed by atoms with Gasteiger partial charge in [-0.3, -0.25) is 9.59 Å². The third-order valence-corrected chi connectivity index (χ3v) is 2.42. The zero-order valence-corrected chi connectivity index (χ0v) is 7.59. The molecule has 2 atom stereocenters. The van der Waals surface area contributed by atoms with Crippen LogP contribution in [0.15, 0.2) is 0 Å². The number of carbonyl (C=O) groups is 2. The first-order valence-corrected chi connectivity index (χ1v) is 4.52. The Balaban J connectivity index is 2.61. The molecule has 3 nitrogen and oxygen atoms in total. The molecule has 1 aliphatic heterocycles. The van der Waals surface area contributed by atoms with Gasteiger partial charge in [-0.1, -0.05) is 13.8 Å². The maximum Gasteiger partial charge on any atom is 0.224 e. The molecular formula is C9H15NO2. The van der Waals surface area contributed by atoms with Gasteiger partial charge in [-0.2, -0.15) is 0 Å². The Hall–Kier alpha value is -0.860. The van der Waals surface area contributed by atoms with E-state index in [0.29, 0.717) is 12.8 Å². The van der Waals surface area contributed by atoms with Gasteiger partial charge in [0.05, 0.1) is 6.04 Å². The molecule has 0 aliphatic carbocycles. The lowest BCUT2D eigenvalue weighted by molar-refractivity contribution is -0.137. The predicted molar refractivity (Wildman–Crippen MR) is 45.6 cm³/mol. The maximum absolute atomic E-state index is 11.3. The van der Waals surface area contributed by atoms with Crippen molar-refractivity contribution in [1.29, 1.82) is 0 Å². The summed E-state index contributed by atoms with van der Waals surface area (Å²) in [7, 11) is 0. The van der Waals surface area contributed by atoms with E-state index in [-0.39, 0.29) is 23.7 Å². The van der Waals surface area contributed by atoms with E-state index >= 15 is 0 Å². The topological polar surface area (TPSA) is 46.2 Å². The normalized spacial score (nSPS) is 30.2. The lowest BCUT2D eigenvalue weighted by atomic mass is 9.90. The minimum atomic E-state index is -0.222. The molecular weight excluding hydrogens is 154 g/mol. The fraction of sp³-hybridized carbons (Fsp3) is 0.778. The summed E-state index contributed by atoms with van der Waals surface area (Å²) >= 11 is 0. The molecule has 2 unspecified atom stereocenters. The number of amides is 1. The van der Waals surface area contributed by atoms with Crippen molar-refractivity contribution in [1.82, 2.24) is 5.32 Å². The minimum Gasteiger partial charge on any atom is -0.346 e. The number of piperidine rings is 1. The van der Waals surface area contributed by atoms with Crippen molar-refractivity contribution >= 4 is 11.7 Å². The number of rotatable bonds is 2. The van der Waals surface area contributed by atoms with Gasteiger partial charge < -0.3 is 5.32 Å². The van der Waals surface area contributed by atoms with Crippen LogP contribution in [-0.2, 0) is 9.59 Å². The van der Waals surface area contributed by atoms with Crippen molar-refractivity contribution in [2.45, 2.75) is 39.2 Å². The average Bonchev–Trinajstić information content (AvgIpc) is 2.08. The fourth-order valence-corrected chi connectivity index (χ4v) is 1.51. The van der Waals surface area contributed by atoms with Gasteiger partial charge in [-0.25, -0.2) is 0 Å². The Morgan fingerprint density at radius 1 is 1.33 bits per heavy atom. The van der Waals surface area contributed by atoms with E-state index in [1.807, 2.05) is 13.8 Å². The highest BCUT2D eigenvalue weighted by Gasteiger charge is 2.31. The van der Waals surface area contributed by atoms with E-state index in [1.54, 1.807) is 0 Å². The Kier molecular flexibility index (Phi) is 2.84. The van der Waals surface area contributed by atoms with Gasteiger partial charge in [0.1, 0.15) is 0 Å². The van der Waals surface area contributed by atoms with Gasteiger partial charge >= 0.3 is 0 Å². The van der Waals surface area contributed by atoms with Crippen molar-refractivity contribution in [2.24, 2.45) is 5.92 Å². The van der Waals surface area contributed by atoms with Gasteiger partial charge in [-0.05, 0) is 12.8 Å². The summed E-state index contributed by atoms with van der Waals surface area (Å²) in [6, 6.07) is -0.222. The van der Waals surface area contributed by atoms with Crippen molar-refractivity contribution in [2.75, 3.05) is 0 Å². The molecule has 1 aliphatic rings. The Morgan fingerprint density at radius 3 is 2.50 bits per heavy atom. The number of nitrogens with one attached hydrogen (secondary N) is 1. The first-order valence-electron chi connectivity index (χ1n) is 4.52. The first-order chi connectivity index (χ1) is 5.69. The molecule has 0 radical (unpaired) electrons. The van der Waals surface area contributed by atoms with Crippen LogP contribution < -0.4 is 5.32 Å². The van der Waals surface area contributed by atoms with E-state index in [9.17, 15) is 9.59 Å². The molecule has 1 saturated heterocycles. The number of carbonyl (C=O) groups excluding carboxylic acids is 2. The van der Waals surface area contributed by atoms with Crippen LogP contribution in [0.2, 0.25) is 0 Å². The van der Waals surface area contributed by atoms with Crippen LogP contribution >= 0.6 is 0 Å². The number of hydrogen-bond acceptors (Lipinski definition) is 2. The first kappa shape index (κ1) is 9.23. The summed E-state index contributed by atoms with van der Waals surface area (Å²) in [6.45, 7) is 3.85. The van der Waals surface area contributed by atoms with E-state index in [4.69, 9.17) is 0 Å². The maximum atomic E-state index is 11.3. The van der Waals surface area contributed by atoms with Gasteiger partial charge in [0.2, 0.25) is 5.91 Å². The second kappa shape index (κ2) is 3.70. The van der Waals surface area contributed by atoms with Crippen molar-refractivity contribution in [3.05, 3.63) is 0 Å².